The predicted octanol–water partition coefficient (Wildman–Crippen LogP) is 4.36. The molecule has 1 aromatic carbocycles. The quantitative estimate of drug-likeness (QED) is 0.731. The number of aryl methyl sites for hydroxylation is 1. The highest BCUT2D eigenvalue weighted by molar-refractivity contribution is 5.48. The van der Waals surface area contributed by atoms with E-state index in [1.54, 1.807) is 0 Å². The summed E-state index contributed by atoms with van der Waals surface area (Å²) < 4.78 is 33.3. The number of benzene rings is 1. The van der Waals surface area contributed by atoms with Gasteiger partial charge in [-0.1, -0.05) is 44.2 Å². The van der Waals surface area contributed by atoms with Gasteiger partial charge in [0.2, 0.25) is 0 Å². The molecule has 0 bridgehead atoms. The highest BCUT2D eigenvalue weighted by Gasteiger charge is 2.29. The highest BCUT2D eigenvalue weighted by Crippen LogP contribution is 2.27. The summed E-state index contributed by atoms with van der Waals surface area (Å²) in [6.07, 6.45) is 2.02. The fourth-order valence-corrected chi connectivity index (χ4v) is 2.50. The van der Waals surface area contributed by atoms with Crippen molar-refractivity contribution in [3.05, 3.63) is 53.6 Å². The minimum Gasteiger partial charge on any atom is -0.396 e. The van der Waals surface area contributed by atoms with Crippen molar-refractivity contribution in [1.82, 2.24) is 9.97 Å². The second-order valence-electron chi connectivity index (χ2n) is 6.26. The molecule has 1 heterocycles. The van der Waals surface area contributed by atoms with Gasteiger partial charge in [0.25, 0.3) is 5.92 Å². The topological polar surface area (TPSA) is 61.0 Å². The van der Waals surface area contributed by atoms with Gasteiger partial charge in [-0.15, -0.1) is 0 Å². The molecule has 0 radical (unpaired) electrons. The Kier molecular flexibility index (Phi) is 6.82. The van der Waals surface area contributed by atoms with Gasteiger partial charge in [-0.05, 0) is 18.4 Å². The molecule has 4 nitrogen and oxygen atoms in total. The molecule has 0 saturated carbocycles. The van der Waals surface area contributed by atoms with E-state index < -0.39 is 12.5 Å². The standard InChI is InChI=1S/C19H25F2N3O/c1-3-14(2)18-17(22)16(23-13-24-18)9-10-19(20,21)12-25-11-15-7-5-4-6-8-15/h4-8,13-14H,3,9-12,22H2,1-2H3. The maximum Gasteiger partial charge on any atom is 0.271 e. The summed E-state index contributed by atoms with van der Waals surface area (Å²) in [5.74, 6) is -2.75. The molecule has 2 aromatic rings. The third-order valence-corrected chi connectivity index (χ3v) is 4.23. The zero-order chi connectivity index (χ0) is 18.3. The summed E-state index contributed by atoms with van der Waals surface area (Å²) in [7, 11) is 0. The van der Waals surface area contributed by atoms with E-state index in [2.05, 4.69) is 9.97 Å². The molecule has 0 aliphatic carbocycles. The van der Waals surface area contributed by atoms with Crippen LogP contribution in [-0.4, -0.2) is 22.5 Å². The minimum atomic E-state index is -2.93. The van der Waals surface area contributed by atoms with Crippen molar-refractivity contribution < 1.29 is 13.5 Å². The summed E-state index contributed by atoms with van der Waals surface area (Å²) >= 11 is 0. The molecule has 0 aliphatic rings. The maximum atomic E-state index is 14.1. The van der Waals surface area contributed by atoms with Gasteiger partial charge in [0.05, 0.1) is 23.7 Å². The first kappa shape index (κ1) is 19.2. The van der Waals surface area contributed by atoms with E-state index in [-0.39, 0.29) is 25.4 Å². The number of rotatable bonds is 9. The number of ether oxygens (including phenoxy) is 1. The van der Waals surface area contributed by atoms with Crippen molar-refractivity contribution in [2.24, 2.45) is 0 Å². The zero-order valence-electron chi connectivity index (χ0n) is 14.7. The monoisotopic (exact) mass is 349 g/mol. The Bertz CT molecular complexity index is 665. The highest BCUT2D eigenvalue weighted by atomic mass is 19.3. The van der Waals surface area contributed by atoms with Crippen LogP contribution < -0.4 is 5.73 Å². The Morgan fingerprint density at radius 1 is 1.20 bits per heavy atom. The Morgan fingerprint density at radius 2 is 1.92 bits per heavy atom. The largest absolute Gasteiger partial charge is 0.396 e. The summed E-state index contributed by atoms with van der Waals surface area (Å²) in [5, 5.41) is 0. The van der Waals surface area contributed by atoms with Crippen molar-refractivity contribution in [3.8, 4) is 0 Å². The molecule has 2 rings (SSSR count). The van der Waals surface area contributed by atoms with Crippen LogP contribution in [0.1, 0.15) is 49.6 Å². The molecular weight excluding hydrogens is 324 g/mol. The van der Waals surface area contributed by atoms with Crippen molar-refractivity contribution in [3.63, 3.8) is 0 Å². The molecule has 1 unspecified atom stereocenters. The van der Waals surface area contributed by atoms with Gasteiger partial charge in [-0.3, -0.25) is 0 Å². The van der Waals surface area contributed by atoms with Crippen LogP contribution >= 0.6 is 0 Å². The van der Waals surface area contributed by atoms with E-state index in [9.17, 15) is 8.78 Å². The molecule has 25 heavy (non-hydrogen) atoms. The van der Waals surface area contributed by atoms with Crippen LogP contribution in [0.25, 0.3) is 0 Å². The number of nitrogen functional groups attached to an aromatic ring is 1. The van der Waals surface area contributed by atoms with Gasteiger partial charge in [0.15, 0.2) is 0 Å². The van der Waals surface area contributed by atoms with E-state index in [0.717, 1.165) is 17.7 Å². The van der Waals surface area contributed by atoms with E-state index in [1.807, 2.05) is 44.2 Å². The Labute approximate surface area is 147 Å². The van der Waals surface area contributed by atoms with Crippen LogP contribution in [0.4, 0.5) is 14.5 Å². The maximum absolute atomic E-state index is 14.1. The number of nitrogens with zero attached hydrogens (tertiary/aromatic N) is 2. The fraction of sp³-hybridized carbons (Fsp3) is 0.474. The third kappa shape index (κ3) is 5.74. The molecule has 6 heteroatoms. The van der Waals surface area contributed by atoms with Crippen LogP contribution in [0.3, 0.4) is 0 Å². The van der Waals surface area contributed by atoms with Gasteiger partial charge in [-0.25, -0.2) is 18.7 Å². The summed E-state index contributed by atoms with van der Waals surface area (Å²) in [6.45, 7) is 3.59. The summed E-state index contributed by atoms with van der Waals surface area (Å²) in [5.41, 5.74) is 8.58. The van der Waals surface area contributed by atoms with Crippen molar-refractivity contribution in [2.75, 3.05) is 12.3 Å². The lowest BCUT2D eigenvalue weighted by Gasteiger charge is -2.18. The molecule has 0 amide bonds. The van der Waals surface area contributed by atoms with E-state index >= 15 is 0 Å². The zero-order valence-corrected chi connectivity index (χ0v) is 14.7. The van der Waals surface area contributed by atoms with Crippen LogP contribution in [0.5, 0.6) is 0 Å². The molecule has 136 valence electrons. The van der Waals surface area contributed by atoms with Crippen LogP contribution in [0.2, 0.25) is 0 Å². The number of alkyl halides is 2. The number of aromatic nitrogens is 2. The average molecular weight is 349 g/mol. The molecule has 1 aromatic heterocycles. The number of nitrogens with two attached hydrogens (primary N) is 1. The number of hydrogen-bond donors (Lipinski definition) is 1. The molecule has 0 aliphatic heterocycles. The molecule has 1 atom stereocenters. The smallest absolute Gasteiger partial charge is 0.271 e. The SMILES string of the molecule is CCC(C)c1ncnc(CCC(F)(F)COCc2ccccc2)c1N. The lowest BCUT2D eigenvalue weighted by molar-refractivity contribution is -0.0863. The molecular formula is C19H25F2N3O. The van der Waals surface area contributed by atoms with Gasteiger partial charge >= 0.3 is 0 Å². The van der Waals surface area contributed by atoms with Crippen molar-refractivity contribution in [1.29, 1.82) is 0 Å². The predicted molar refractivity (Wildman–Crippen MR) is 94.5 cm³/mol. The molecule has 0 spiro atoms. The van der Waals surface area contributed by atoms with Crippen molar-refractivity contribution >= 4 is 5.69 Å². The normalized spacial score (nSPS) is 13.0. The summed E-state index contributed by atoms with van der Waals surface area (Å²) in [6, 6.07) is 9.26. The van der Waals surface area contributed by atoms with Crippen LogP contribution in [0, 0.1) is 0 Å². The number of halogens is 2. The van der Waals surface area contributed by atoms with Gasteiger partial charge in [0, 0.05) is 12.3 Å². The van der Waals surface area contributed by atoms with E-state index in [1.165, 1.54) is 6.33 Å². The third-order valence-electron chi connectivity index (χ3n) is 4.23. The first-order valence-electron chi connectivity index (χ1n) is 8.51. The number of hydrogen-bond acceptors (Lipinski definition) is 4. The minimum absolute atomic E-state index is 0.0967. The average Bonchev–Trinajstić information content (AvgIpc) is 2.61. The van der Waals surface area contributed by atoms with Gasteiger partial charge < -0.3 is 10.5 Å². The lowest BCUT2D eigenvalue weighted by Crippen LogP contribution is -2.25. The van der Waals surface area contributed by atoms with Gasteiger partial charge in [-0.2, -0.15) is 0 Å². The lowest BCUT2D eigenvalue weighted by atomic mass is 10.0. The number of anilines is 1. The van der Waals surface area contributed by atoms with Crippen molar-refractivity contribution in [2.45, 2.75) is 51.6 Å². The van der Waals surface area contributed by atoms with Crippen LogP contribution in [-0.2, 0) is 17.8 Å². The first-order valence-corrected chi connectivity index (χ1v) is 8.51. The Balaban J connectivity index is 1.89. The second kappa shape index (κ2) is 8.85. The fourth-order valence-electron chi connectivity index (χ4n) is 2.50. The first-order chi connectivity index (χ1) is 11.9. The summed E-state index contributed by atoms with van der Waals surface area (Å²) in [4.78, 5) is 8.27. The van der Waals surface area contributed by atoms with E-state index in [0.29, 0.717) is 11.4 Å². The van der Waals surface area contributed by atoms with E-state index in [4.69, 9.17) is 10.5 Å². The van der Waals surface area contributed by atoms with Crippen LogP contribution in [0.15, 0.2) is 36.7 Å². The molecule has 0 saturated heterocycles. The molecule has 0 fully saturated rings. The Hall–Kier alpha value is -2.08. The second-order valence-corrected chi connectivity index (χ2v) is 6.26. The Morgan fingerprint density at radius 3 is 2.60 bits per heavy atom. The van der Waals surface area contributed by atoms with Gasteiger partial charge in [0.1, 0.15) is 12.9 Å². The molecule has 2 N–H and O–H groups in total.